The van der Waals surface area contributed by atoms with E-state index in [9.17, 15) is 0 Å². The molecule has 0 spiro atoms. The van der Waals surface area contributed by atoms with Crippen LogP contribution in [0, 0.1) is 10.5 Å². The SMILES string of the molecule is C=Cc1ncc2cnc(-c3c(C)nn(C)c3O[C@@H](C)CN(Cc3c(I)c(OCC)nn3[C@@H](C)CO[Si](C)(C)C(C)(C)C)C3CC3)cn12. The first-order valence-corrected chi connectivity index (χ1v) is 20.6. The predicted octanol–water partition coefficient (Wildman–Crippen LogP) is 7.30. The van der Waals surface area contributed by atoms with Gasteiger partial charge in [0.1, 0.15) is 11.9 Å². The van der Waals surface area contributed by atoms with Crippen LogP contribution in [0.5, 0.6) is 11.8 Å². The second-order valence-electron chi connectivity index (χ2n) is 14.2. The molecule has 13 heteroatoms. The fourth-order valence-electron chi connectivity index (χ4n) is 5.57. The maximum Gasteiger partial charge on any atom is 0.246 e. The van der Waals surface area contributed by atoms with Gasteiger partial charge in [0.25, 0.3) is 0 Å². The Morgan fingerprint density at radius 2 is 1.87 bits per heavy atom. The van der Waals surface area contributed by atoms with Gasteiger partial charge in [0.05, 0.1) is 63.4 Å². The highest BCUT2D eigenvalue weighted by Gasteiger charge is 2.38. The lowest BCUT2D eigenvalue weighted by Crippen LogP contribution is -2.42. The average molecular weight is 775 g/mol. The van der Waals surface area contributed by atoms with Gasteiger partial charge in [0.15, 0.2) is 8.32 Å². The smallest absolute Gasteiger partial charge is 0.246 e. The van der Waals surface area contributed by atoms with Crippen molar-refractivity contribution in [3.63, 3.8) is 0 Å². The summed E-state index contributed by atoms with van der Waals surface area (Å²) >= 11 is 2.40. The molecule has 4 aromatic heterocycles. The monoisotopic (exact) mass is 774 g/mol. The number of nitrogens with zero attached hydrogens (tertiary/aromatic N) is 8. The first kappa shape index (κ1) is 35.6. The molecule has 0 radical (unpaired) electrons. The predicted molar refractivity (Wildman–Crippen MR) is 198 cm³/mol. The van der Waals surface area contributed by atoms with Crippen LogP contribution >= 0.6 is 22.6 Å². The van der Waals surface area contributed by atoms with Gasteiger partial charge in [-0.3, -0.25) is 19.0 Å². The van der Waals surface area contributed by atoms with Crippen molar-refractivity contribution in [2.45, 2.75) is 104 Å². The van der Waals surface area contributed by atoms with Crippen LogP contribution in [-0.2, 0) is 18.0 Å². The van der Waals surface area contributed by atoms with Crippen molar-refractivity contribution < 1.29 is 13.9 Å². The molecule has 2 atom stereocenters. The zero-order valence-electron chi connectivity index (χ0n) is 29.7. The zero-order valence-corrected chi connectivity index (χ0v) is 32.8. The average Bonchev–Trinajstić information content (AvgIpc) is 3.63. The first-order chi connectivity index (χ1) is 22.1. The number of ether oxygens (including phenoxy) is 2. The van der Waals surface area contributed by atoms with Crippen molar-refractivity contribution in [1.29, 1.82) is 0 Å². The van der Waals surface area contributed by atoms with E-state index in [4.69, 9.17) is 29.1 Å². The Labute approximate surface area is 294 Å². The van der Waals surface area contributed by atoms with E-state index in [1.807, 2.05) is 42.4 Å². The molecule has 1 aliphatic carbocycles. The molecule has 4 heterocycles. The van der Waals surface area contributed by atoms with Crippen LogP contribution in [0.15, 0.2) is 25.2 Å². The lowest BCUT2D eigenvalue weighted by molar-refractivity contribution is 0.124. The highest BCUT2D eigenvalue weighted by molar-refractivity contribution is 14.1. The fraction of sp³-hybridized carbons (Fsp3) is 0.588. The number of imidazole rings is 1. The summed E-state index contributed by atoms with van der Waals surface area (Å²) in [5.41, 5.74) is 4.58. The van der Waals surface area contributed by atoms with Gasteiger partial charge in [-0.2, -0.15) is 5.10 Å². The van der Waals surface area contributed by atoms with Gasteiger partial charge >= 0.3 is 0 Å². The van der Waals surface area contributed by atoms with Crippen LogP contribution in [0.3, 0.4) is 0 Å². The molecule has 0 aliphatic heterocycles. The fourth-order valence-corrected chi connectivity index (χ4v) is 7.35. The Morgan fingerprint density at radius 1 is 1.17 bits per heavy atom. The summed E-state index contributed by atoms with van der Waals surface area (Å²) in [7, 11) is 0.0146. The Balaban J connectivity index is 1.37. The Morgan fingerprint density at radius 3 is 2.51 bits per heavy atom. The van der Waals surface area contributed by atoms with Gasteiger partial charge in [-0.05, 0) is 87.3 Å². The number of fused-ring (bicyclic) bond motifs is 1. The van der Waals surface area contributed by atoms with E-state index in [2.05, 4.69) is 91.4 Å². The van der Waals surface area contributed by atoms with Crippen molar-refractivity contribution in [3.8, 4) is 23.0 Å². The molecule has 0 amide bonds. The third-order valence-electron chi connectivity index (χ3n) is 9.38. The van der Waals surface area contributed by atoms with Crippen molar-refractivity contribution in [3.05, 3.63) is 46.0 Å². The molecule has 1 fully saturated rings. The molecule has 5 rings (SSSR count). The van der Waals surface area contributed by atoms with Gasteiger partial charge < -0.3 is 13.9 Å². The molecular formula is C34H51IN8O3Si. The molecule has 1 saturated carbocycles. The van der Waals surface area contributed by atoms with Gasteiger partial charge in [-0.15, -0.1) is 5.10 Å². The molecule has 0 saturated heterocycles. The highest BCUT2D eigenvalue weighted by Crippen LogP contribution is 2.38. The summed E-state index contributed by atoms with van der Waals surface area (Å²) in [6.07, 6.45) is 9.58. The summed E-state index contributed by atoms with van der Waals surface area (Å²) < 4.78 is 26.4. The third-order valence-corrected chi connectivity index (χ3v) is 15.0. The topological polar surface area (TPSA) is 96.8 Å². The van der Waals surface area contributed by atoms with E-state index in [0.29, 0.717) is 31.0 Å². The van der Waals surface area contributed by atoms with Crippen molar-refractivity contribution in [2.75, 3.05) is 19.8 Å². The molecule has 11 nitrogen and oxygen atoms in total. The zero-order chi connectivity index (χ0) is 34.3. The lowest BCUT2D eigenvalue weighted by atomic mass is 10.2. The van der Waals surface area contributed by atoms with Crippen molar-refractivity contribution in [2.24, 2.45) is 7.05 Å². The van der Waals surface area contributed by atoms with Crippen LogP contribution in [0.2, 0.25) is 18.1 Å². The maximum absolute atomic E-state index is 6.72. The molecule has 0 aromatic carbocycles. The lowest BCUT2D eigenvalue weighted by Gasteiger charge is -2.37. The third kappa shape index (κ3) is 7.62. The number of rotatable bonds is 15. The van der Waals surface area contributed by atoms with Gasteiger partial charge in [-0.1, -0.05) is 27.4 Å². The highest BCUT2D eigenvalue weighted by atomic mass is 127. The minimum Gasteiger partial charge on any atom is -0.476 e. The van der Waals surface area contributed by atoms with Crippen LogP contribution in [0.1, 0.15) is 77.6 Å². The Bertz CT molecular complexity index is 1720. The summed E-state index contributed by atoms with van der Waals surface area (Å²) in [6.45, 7) is 26.4. The van der Waals surface area contributed by atoms with E-state index < -0.39 is 8.32 Å². The summed E-state index contributed by atoms with van der Waals surface area (Å²) in [5.74, 6) is 2.16. The van der Waals surface area contributed by atoms with E-state index >= 15 is 0 Å². The molecule has 256 valence electrons. The van der Waals surface area contributed by atoms with E-state index in [1.54, 1.807) is 12.3 Å². The van der Waals surface area contributed by atoms with E-state index in [0.717, 1.165) is 50.6 Å². The maximum atomic E-state index is 6.72. The number of hydrogen-bond donors (Lipinski definition) is 0. The molecule has 0 N–H and O–H groups in total. The first-order valence-electron chi connectivity index (χ1n) is 16.6. The summed E-state index contributed by atoms with van der Waals surface area (Å²) in [4.78, 5) is 11.7. The van der Waals surface area contributed by atoms with Crippen molar-refractivity contribution in [1.82, 2.24) is 38.8 Å². The van der Waals surface area contributed by atoms with Crippen molar-refractivity contribution >= 4 is 42.5 Å². The van der Waals surface area contributed by atoms with Crippen LogP contribution in [0.4, 0.5) is 0 Å². The quantitative estimate of drug-likeness (QED) is 0.0918. The minimum absolute atomic E-state index is 0.0680. The normalized spacial score (nSPS) is 15.4. The molecule has 0 unspecified atom stereocenters. The minimum atomic E-state index is -1.91. The number of aryl methyl sites for hydroxylation is 2. The summed E-state index contributed by atoms with van der Waals surface area (Å²) in [5, 5.41) is 9.83. The Hall–Kier alpha value is -2.75. The molecule has 0 bridgehead atoms. The molecular weight excluding hydrogens is 723 g/mol. The second-order valence-corrected chi connectivity index (χ2v) is 20.1. The molecule has 4 aromatic rings. The van der Waals surface area contributed by atoms with E-state index in [-0.39, 0.29) is 17.2 Å². The molecule has 1 aliphatic rings. The number of halogens is 1. The van der Waals surface area contributed by atoms with E-state index in [1.165, 1.54) is 12.8 Å². The van der Waals surface area contributed by atoms with Gasteiger partial charge in [0, 0.05) is 32.4 Å². The van der Waals surface area contributed by atoms with Gasteiger partial charge in [0.2, 0.25) is 11.8 Å². The molecule has 47 heavy (non-hydrogen) atoms. The van der Waals surface area contributed by atoms with Gasteiger partial charge in [-0.25, -0.2) is 9.67 Å². The van der Waals surface area contributed by atoms with Crippen LogP contribution < -0.4 is 9.47 Å². The number of aromatic nitrogens is 7. The van der Waals surface area contributed by atoms with Crippen LogP contribution in [0.25, 0.3) is 22.9 Å². The largest absolute Gasteiger partial charge is 0.476 e. The standard InChI is InChI=1S/C34H51IN8O3Si/c1-12-29-37-17-26-16-36-27(19-42(26)29)30-24(5)38-40(9)33(30)46-23(4)18-41(25-14-15-25)20-28-31(35)32(44-13-2)39-43(28)22(3)21-45-47(10,11)34(6,7)8/h12,16-17,19,22-23,25H,1,13-15,18,20-21H2,2-11H3/t22-,23-/m0/s1. The Kier molecular flexibility index (Phi) is 10.6. The second kappa shape index (κ2) is 14.0. The summed E-state index contributed by atoms with van der Waals surface area (Å²) in [6, 6.07) is 0.573. The van der Waals surface area contributed by atoms with Crippen LogP contribution in [-0.4, -0.2) is 79.1 Å². The number of hydrogen-bond acceptors (Lipinski definition) is 8.